The Morgan fingerprint density at radius 2 is 1.38 bits per heavy atom. The molecule has 29 heavy (non-hydrogen) atoms. The first-order chi connectivity index (χ1) is 14.0. The van der Waals surface area contributed by atoms with Gasteiger partial charge in [0.15, 0.2) is 0 Å². The molecule has 0 aliphatic heterocycles. The summed E-state index contributed by atoms with van der Waals surface area (Å²) in [6.45, 7) is 4.12. The first-order valence-corrected chi connectivity index (χ1v) is 9.61. The van der Waals surface area contributed by atoms with Crippen LogP contribution in [0, 0.1) is 0 Å². The zero-order valence-corrected chi connectivity index (χ0v) is 16.5. The van der Waals surface area contributed by atoms with Crippen molar-refractivity contribution in [2.24, 2.45) is 0 Å². The van der Waals surface area contributed by atoms with Crippen molar-refractivity contribution >= 4 is 11.9 Å². The van der Waals surface area contributed by atoms with E-state index in [9.17, 15) is 14.7 Å². The number of esters is 1. The number of hydrogen-bond acceptors (Lipinski definition) is 3. The van der Waals surface area contributed by atoms with E-state index in [1.165, 1.54) is 12.1 Å². The van der Waals surface area contributed by atoms with Gasteiger partial charge in [0.05, 0.1) is 11.1 Å². The summed E-state index contributed by atoms with van der Waals surface area (Å²) >= 11 is 0. The smallest absolute Gasteiger partial charge is 0.339 e. The molecule has 0 unspecified atom stereocenters. The molecule has 3 rings (SSSR count). The summed E-state index contributed by atoms with van der Waals surface area (Å²) in [5.41, 5.74) is 1.41. The molecule has 4 heteroatoms. The van der Waals surface area contributed by atoms with Crippen molar-refractivity contribution in [1.82, 2.24) is 0 Å². The Bertz CT molecular complexity index is 982. The van der Waals surface area contributed by atoms with Gasteiger partial charge in [-0.3, -0.25) is 0 Å². The largest absolute Gasteiger partial charge is 0.478 e. The molecule has 4 nitrogen and oxygen atoms in total. The van der Waals surface area contributed by atoms with Crippen LogP contribution in [-0.2, 0) is 10.2 Å². The number of aromatic carboxylic acids is 1. The van der Waals surface area contributed by atoms with Crippen molar-refractivity contribution in [3.63, 3.8) is 0 Å². The normalized spacial score (nSPS) is 13.9. The van der Waals surface area contributed by atoms with Crippen LogP contribution in [0.5, 0.6) is 0 Å². The topological polar surface area (TPSA) is 63.6 Å². The molecule has 0 bridgehead atoms. The van der Waals surface area contributed by atoms with Crippen molar-refractivity contribution in [2.75, 3.05) is 0 Å². The van der Waals surface area contributed by atoms with Crippen LogP contribution >= 0.6 is 0 Å². The fourth-order valence-corrected chi connectivity index (χ4v) is 3.57. The maximum absolute atomic E-state index is 13.1. The molecule has 0 fully saturated rings. The highest BCUT2D eigenvalue weighted by Gasteiger charge is 2.39. The first-order valence-electron chi connectivity index (χ1n) is 9.61. The van der Waals surface area contributed by atoms with Gasteiger partial charge in [-0.1, -0.05) is 86.6 Å². The van der Waals surface area contributed by atoms with Crippen molar-refractivity contribution < 1.29 is 19.4 Å². The Morgan fingerprint density at radius 1 is 0.862 bits per heavy atom. The minimum absolute atomic E-state index is 0.0486. The molecule has 0 heterocycles. The molecule has 0 aliphatic carbocycles. The third kappa shape index (κ3) is 4.21. The van der Waals surface area contributed by atoms with E-state index in [0.29, 0.717) is 0 Å². The second-order valence-corrected chi connectivity index (χ2v) is 7.18. The van der Waals surface area contributed by atoms with Crippen LogP contribution in [0.3, 0.4) is 0 Å². The molecule has 0 radical (unpaired) electrons. The first kappa shape index (κ1) is 20.3. The molecule has 3 aromatic rings. The zero-order valence-electron chi connectivity index (χ0n) is 16.5. The summed E-state index contributed by atoms with van der Waals surface area (Å²) in [6.07, 6.45) is 0.148. The fraction of sp³-hybridized carbons (Fsp3) is 0.200. The average Bonchev–Trinajstić information content (AvgIpc) is 2.78. The van der Waals surface area contributed by atoms with Crippen molar-refractivity contribution in [3.8, 4) is 0 Å². The lowest BCUT2D eigenvalue weighted by molar-refractivity contribution is 0.00568. The summed E-state index contributed by atoms with van der Waals surface area (Å²) in [4.78, 5) is 24.6. The Hall–Kier alpha value is -3.40. The van der Waals surface area contributed by atoms with E-state index < -0.39 is 23.5 Å². The Balaban J connectivity index is 2.06. The highest BCUT2D eigenvalue weighted by atomic mass is 16.5. The maximum Gasteiger partial charge on any atom is 0.339 e. The van der Waals surface area contributed by atoms with E-state index >= 15 is 0 Å². The molecule has 0 spiro atoms. The average molecular weight is 388 g/mol. The maximum atomic E-state index is 13.1. The highest BCUT2D eigenvalue weighted by molar-refractivity contribution is 6.02. The molecule has 0 saturated heterocycles. The summed E-state index contributed by atoms with van der Waals surface area (Å²) in [6, 6.07) is 25.6. The van der Waals surface area contributed by atoms with Crippen LogP contribution in [0.25, 0.3) is 0 Å². The van der Waals surface area contributed by atoms with Gasteiger partial charge >= 0.3 is 11.9 Å². The minimum Gasteiger partial charge on any atom is -0.478 e. The second kappa shape index (κ2) is 8.74. The standard InChI is InChI=1S/C25H24O4/c1-3-25(2,19-14-8-5-9-15-19)22(18-12-6-4-7-13-18)29-24(28)21-17-11-10-16-20(21)23(26)27/h4-17,22H,3H2,1-2H3,(H,26,27)/t22-,25+/m0/s1. The van der Waals surface area contributed by atoms with E-state index in [4.69, 9.17) is 4.74 Å². The van der Waals surface area contributed by atoms with Gasteiger partial charge in [0.2, 0.25) is 0 Å². The van der Waals surface area contributed by atoms with Gasteiger partial charge in [-0.2, -0.15) is 0 Å². The molecule has 0 aromatic heterocycles. The van der Waals surface area contributed by atoms with Gasteiger partial charge in [0, 0.05) is 5.41 Å². The number of benzene rings is 3. The monoisotopic (exact) mass is 388 g/mol. The van der Waals surface area contributed by atoms with E-state index in [2.05, 4.69) is 13.8 Å². The number of carboxylic acids is 1. The summed E-state index contributed by atoms with van der Waals surface area (Å²) in [5.74, 6) is -1.80. The summed E-state index contributed by atoms with van der Waals surface area (Å²) in [5, 5.41) is 9.44. The highest BCUT2D eigenvalue weighted by Crippen LogP contribution is 2.43. The minimum atomic E-state index is -1.16. The van der Waals surface area contributed by atoms with Crippen LogP contribution in [0.15, 0.2) is 84.9 Å². The number of carbonyl (C=O) groups excluding carboxylic acids is 1. The molecule has 148 valence electrons. The molecule has 0 amide bonds. The van der Waals surface area contributed by atoms with Crippen LogP contribution < -0.4 is 0 Å². The van der Waals surface area contributed by atoms with Gasteiger partial charge in [-0.25, -0.2) is 9.59 Å². The molecule has 0 saturated carbocycles. The SMILES string of the molecule is CC[C@](C)(c1ccccc1)[C@@H](OC(=O)c1ccccc1C(=O)O)c1ccccc1. The van der Waals surface area contributed by atoms with Gasteiger partial charge in [-0.15, -0.1) is 0 Å². The number of carbonyl (C=O) groups is 2. The molecule has 0 aliphatic rings. The van der Waals surface area contributed by atoms with E-state index in [-0.39, 0.29) is 11.1 Å². The Kier molecular flexibility index (Phi) is 6.13. The lowest BCUT2D eigenvalue weighted by Crippen LogP contribution is -2.33. The van der Waals surface area contributed by atoms with Gasteiger partial charge < -0.3 is 9.84 Å². The third-order valence-corrected chi connectivity index (χ3v) is 5.45. The summed E-state index contributed by atoms with van der Waals surface area (Å²) in [7, 11) is 0. The predicted octanol–water partition coefficient (Wildman–Crippen LogP) is 5.65. The molecular formula is C25H24O4. The Morgan fingerprint density at radius 3 is 1.93 bits per heavy atom. The second-order valence-electron chi connectivity index (χ2n) is 7.18. The molecule has 2 atom stereocenters. The number of hydrogen-bond donors (Lipinski definition) is 1. The van der Waals surface area contributed by atoms with Crippen LogP contribution in [0.4, 0.5) is 0 Å². The third-order valence-electron chi connectivity index (χ3n) is 5.45. The lowest BCUT2D eigenvalue weighted by Gasteiger charge is -2.37. The predicted molar refractivity (Wildman–Crippen MR) is 112 cm³/mol. The number of rotatable bonds is 7. The van der Waals surface area contributed by atoms with Crippen molar-refractivity contribution in [2.45, 2.75) is 31.8 Å². The van der Waals surface area contributed by atoms with Gasteiger partial charge in [0.25, 0.3) is 0 Å². The number of carboxylic acid groups (broad SMARTS) is 1. The summed E-state index contributed by atoms with van der Waals surface area (Å²) < 4.78 is 6.02. The molecule has 3 aromatic carbocycles. The van der Waals surface area contributed by atoms with Crippen molar-refractivity contribution in [1.29, 1.82) is 0 Å². The van der Waals surface area contributed by atoms with E-state index in [0.717, 1.165) is 17.5 Å². The van der Waals surface area contributed by atoms with Gasteiger partial charge in [-0.05, 0) is 29.7 Å². The zero-order chi connectivity index (χ0) is 20.9. The van der Waals surface area contributed by atoms with E-state index in [1.807, 2.05) is 60.7 Å². The molecule has 1 N–H and O–H groups in total. The van der Waals surface area contributed by atoms with Crippen LogP contribution in [-0.4, -0.2) is 17.0 Å². The Labute approximate surface area is 170 Å². The van der Waals surface area contributed by atoms with Crippen LogP contribution in [0.2, 0.25) is 0 Å². The lowest BCUT2D eigenvalue weighted by atomic mass is 9.73. The van der Waals surface area contributed by atoms with Crippen molar-refractivity contribution in [3.05, 3.63) is 107 Å². The van der Waals surface area contributed by atoms with E-state index in [1.54, 1.807) is 12.1 Å². The van der Waals surface area contributed by atoms with Crippen LogP contribution in [0.1, 0.15) is 58.2 Å². The fourth-order valence-electron chi connectivity index (χ4n) is 3.57. The number of ether oxygens (including phenoxy) is 1. The quantitative estimate of drug-likeness (QED) is 0.531. The van der Waals surface area contributed by atoms with Gasteiger partial charge in [0.1, 0.15) is 6.10 Å². The molecular weight excluding hydrogens is 364 g/mol.